The maximum Gasteiger partial charge on any atom is 0.224 e. The summed E-state index contributed by atoms with van der Waals surface area (Å²) in [6.07, 6.45) is 7.61. The Labute approximate surface area is 120 Å². The van der Waals surface area contributed by atoms with Crippen molar-refractivity contribution in [3.8, 4) is 0 Å². The molecule has 9 unspecified atom stereocenters. The van der Waals surface area contributed by atoms with Crippen LogP contribution in [0.2, 0.25) is 10.6 Å². The third kappa shape index (κ3) is 0.439. The molecule has 0 radical (unpaired) electrons. The highest BCUT2D eigenvalue weighted by Crippen LogP contribution is 3.33. The van der Waals surface area contributed by atoms with Gasteiger partial charge in [-0.2, -0.15) is 0 Å². The number of carbonyl (C=O) groups is 1. The van der Waals surface area contributed by atoms with Crippen LogP contribution in [0, 0.1) is 39.9 Å². The Balaban J connectivity index is 1.44. The predicted molar refractivity (Wildman–Crippen MR) is 77.4 cm³/mol. The molecule has 0 aromatic carbocycles. The molecule has 1 amide bonds. The van der Waals surface area contributed by atoms with E-state index in [-0.39, 0.29) is 19.7 Å². The summed E-state index contributed by atoms with van der Waals surface area (Å²) in [5.74, 6) is 3.44. The zero-order valence-corrected chi connectivity index (χ0v) is 12.9. The minimum absolute atomic E-state index is 0.0498. The van der Waals surface area contributed by atoms with Crippen LogP contribution in [0.1, 0.15) is 26.7 Å². The van der Waals surface area contributed by atoms with Gasteiger partial charge in [0.15, 0.2) is 0 Å². The first-order valence-electron chi connectivity index (χ1n) is 8.32. The molecule has 9 rings (SSSR count). The van der Waals surface area contributed by atoms with Crippen LogP contribution in [0.5, 0.6) is 0 Å². The number of hydrogen-bond acceptors (Lipinski definition) is 1. The van der Waals surface area contributed by atoms with E-state index in [1.807, 2.05) is 5.17 Å². The molecule has 1 heterocycles. The van der Waals surface area contributed by atoms with Crippen molar-refractivity contribution in [3.63, 3.8) is 0 Å². The Morgan fingerprint density at radius 1 is 1.55 bits per heavy atom. The highest BCUT2D eigenvalue weighted by molar-refractivity contribution is 6.80. The van der Waals surface area contributed by atoms with Gasteiger partial charge in [0.1, 0.15) is 0 Å². The first-order valence-corrected chi connectivity index (χ1v) is 9.90. The standard InChI is InChI=1S/C17H19NOSi/c1-3-8-5-4-7(2)20(8)17-10-9-6-14(17)12-15(9,13(18)19)16(12,14)11(10)17/h4-5,7,9-12H,3,6H2,1-2H3,(H2,18,19). The van der Waals surface area contributed by atoms with E-state index in [9.17, 15) is 4.79 Å². The van der Waals surface area contributed by atoms with E-state index in [2.05, 4.69) is 26.0 Å². The van der Waals surface area contributed by atoms with Gasteiger partial charge in [-0.15, -0.1) is 0 Å². The van der Waals surface area contributed by atoms with Crippen LogP contribution < -0.4 is 5.73 Å². The van der Waals surface area contributed by atoms with E-state index >= 15 is 0 Å². The second-order valence-corrected chi connectivity index (χ2v) is 11.8. The number of carbonyl (C=O) groups excluding carboxylic acids is 1. The molecule has 8 fully saturated rings. The fraction of sp³-hybridized carbons (Fsp3) is 0.765. The highest BCUT2D eigenvalue weighted by Gasteiger charge is 3.31. The second-order valence-electron chi connectivity index (χ2n) is 8.63. The highest BCUT2D eigenvalue weighted by atomic mass is 28.2. The first kappa shape index (κ1) is 10.1. The van der Waals surface area contributed by atoms with Gasteiger partial charge in [0.25, 0.3) is 0 Å². The van der Waals surface area contributed by atoms with E-state index in [0.717, 1.165) is 34.3 Å². The van der Waals surface area contributed by atoms with Gasteiger partial charge in [-0.1, -0.05) is 31.2 Å². The molecule has 9 atom stereocenters. The molecule has 1 aliphatic heterocycles. The van der Waals surface area contributed by atoms with E-state index in [0.29, 0.717) is 10.8 Å². The average Bonchev–Trinajstić information content (AvgIpc) is 3.21. The fourth-order valence-electron chi connectivity index (χ4n) is 9.86. The van der Waals surface area contributed by atoms with Crippen LogP contribution in [0.25, 0.3) is 0 Å². The van der Waals surface area contributed by atoms with Gasteiger partial charge in [0, 0.05) is 8.41 Å². The fourth-order valence-corrected chi connectivity index (χ4v) is 15.0. The lowest BCUT2D eigenvalue weighted by Gasteiger charge is -2.48. The summed E-state index contributed by atoms with van der Waals surface area (Å²) in [7, 11) is -0.385. The van der Waals surface area contributed by atoms with E-state index in [4.69, 9.17) is 5.73 Å². The average molecular weight is 281 g/mol. The van der Waals surface area contributed by atoms with Gasteiger partial charge < -0.3 is 5.73 Å². The largest absolute Gasteiger partial charge is 0.369 e. The van der Waals surface area contributed by atoms with Crippen molar-refractivity contribution in [1.82, 2.24) is 0 Å². The Morgan fingerprint density at radius 3 is 2.85 bits per heavy atom. The minimum Gasteiger partial charge on any atom is -0.369 e. The van der Waals surface area contributed by atoms with Crippen LogP contribution >= 0.6 is 0 Å². The number of primary amides is 1. The molecule has 8 saturated carbocycles. The third-order valence-electron chi connectivity index (χ3n) is 9.34. The number of allylic oxidation sites excluding steroid dienone is 2. The molecule has 0 saturated heterocycles. The summed E-state index contributed by atoms with van der Waals surface area (Å²) in [6, 6.07) is 0. The van der Waals surface area contributed by atoms with Gasteiger partial charge in [-0.3, -0.25) is 4.79 Å². The van der Waals surface area contributed by atoms with Crippen molar-refractivity contribution in [3.05, 3.63) is 12.2 Å². The van der Waals surface area contributed by atoms with Crippen molar-refractivity contribution >= 4 is 19.5 Å². The number of hydrogen-bond donors (Lipinski definition) is 1. The van der Waals surface area contributed by atoms with E-state index in [1.54, 1.807) is 0 Å². The topological polar surface area (TPSA) is 43.1 Å². The Morgan fingerprint density at radius 2 is 2.35 bits per heavy atom. The van der Waals surface area contributed by atoms with Gasteiger partial charge in [0.05, 0.1) is 5.41 Å². The normalized spacial score (nSPS) is 73.8. The van der Waals surface area contributed by atoms with Crippen molar-refractivity contribution in [2.45, 2.75) is 37.3 Å². The molecule has 2 spiro atoms. The first-order chi connectivity index (χ1) is 9.61. The molecule has 4 bridgehead atoms. The van der Waals surface area contributed by atoms with Crippen molar-refractivity contribution < 1.29 is 4.79 Å². The summed E-state index contributed by atoms with van der Waals surface area (Å²) in [4.78, 5) is 12.0. The summed E-state index contributed by atoms with van der Waals surface area (Å²) < 4.78 is 0. The summed E-state index contributed by atoms with van der Waals surface area (Å²) >= 11 is 0. The molecular weight excluding hydrogens is 262 g/mol. The van der Waals surface area contributed by atoms with Crippen molar-refractivity contribution in [2.75, 3.05) is 0 Å². The second kappa shape index (κ2) is 2.08. The van der Waals surface area contributed by atoms with Gasteiger partial charge in [-0.25, -0.2) is 0 Å². The van der Waals surface area contributed by atoms with E-state index < -0.39 is 0 Å². The molecule has 102 valence electrons. The SMILES string of the molecule is CCC1=[Si](C23C4C5CC26C2C5(C(N)=O)C26C43)C(C)C=C1. The summed E-state index contributed by atoms with van der Waals surface area (Å²) in [6.45, 7) is 4.81. The zero-order chi connectivity index (χ0) is 13.4. The van der Waals surface area contributed by atoms with Crippen LogP contribution in [-0.2, 0) is 4.79 Å². The van der Waals surface area contributed by atoms with Crippen LogP contribution in [0.3, 0.4) is 0 Å². The monoisotopic (exact) mass is 281 g/mol. The van der Waals surface area contributed by atoms with Crippen LogP contribution in [-0.4, -0.2) is 19.5 Å². The molecule has 8 aliphatic carbocycles. The number of amides is 1. The van der Waals surface area contributed by atoms with Crippen LogP contribution in [0.15, 0.2) is 12.2 Å². The molecule has 9 aliphatic rings. The minimum atomic E-state index is -0.385. The van der Waals surface area contributed by atoms with Crippen molar-refractivity contribution in [2.24, 2.45) is 45.7 Å². The van der Waals surface area contributed by atoms with Gasteiger partial charge >= 0.3 is 0 Å². The van der Waals surface area contributed by atoms with Crippen molar-refractivity contribution in [1.29, 1.82) is 0 Å². The Kier molecular flexibility index (Phi) is 1.05. The quantitative estimate of drug-likeness (QED) is 0.787. The molecule has 2 nitrogen and oxygen atoms in total. The Bertz CT molecular complexity index is 748. The molecule has 0 aromatic rings. The Hall–Kier alpha value is -0.703. The number of nitrogens with two attached hydrogens (primary N) is 1. The molecule has 2 N–H and O–H groups in total. The molecule has 0 aromatic heterocycles. The third-order valence-corrected chi connectivity index (χ3v) is 13.6. The van der Waals surface area contributed by atoms with Crippen LogP contribution in [0.4, 0.5) is 0 Å². The smallest absolute Gasteiger partial charge is 0.224 e. The lowest BCUT2D eigenvalue weighted by atomic mass is 9.65. The van der Waals surface area contributed by atoms with Gasteiger partial charge in [0.2, 0.25) is 5.91 Å². The van der Waals surface area contributed by atoms with Gasteiger partial charge in [-0.05, 0) is 57.9 Å². The maximum atomic E-state index is 12.0. The maximum absolute atomic E-state index is 12.0. The number of rotatable bonds is 3. The lowest BCUT2D eigenvalue weighted by Crippen LogP contribution is -2.51. The summed E-state index contributed by atoms with van der Waals surface area (Å²) in [5, 5.41) is 2.56. The summed E-state index contributed by atoms with van der Waals surface area (Å²) in [5.41, 5.74) is 7.86. The zero-order valence-electron chi connectivity index (χ0n) is 11.9. The lowest BCUT2D eigenvalue weighted by molar-refractivity contribution is -0.129. The van der Waals surface area contributed by atoms with E-state index in [1.165, 1.54) is 12.8 Å². The molecular formula is C17H19NOSi. The predicted octanol–water partition coefficient (Wildman–Crippen LogP) is 1.73. The molecule has 3 heteroatoms. The molecule has 20 heavy (non-hydrogen) atoms.